The summed E-state index contributed by atoms with van der Waals surface area (Å²) in [6.45, 7) is 4.14. The fraction of sp³-hybridized carbons (Fsp3) is 0.320. The van der Waals surface area contributed by atoms with Gasteiger partial charge in [-0.2, -0.15) is 9.46 Å². The Bertz CT molecular complexity index is 1500. The molecule has 2 aromatic rings. The number of aliphatic hydroxyl groups is 1. The summed E-state index contributed by atoms with van der Waals surface area (Å²) in [6, 6.07) is 7.79. The molecule has 12 nitrogen and oxygen atoms in total. The van der Waals surface area contributed by atoms with Gasteiger partial charge in [0, 0.05) is 30.1 Å². The average Bonchev–Trinajstić information content (AvgIpc) is 2.85. The van der Waals surface area contributed by atoms with Crippen LogP contribution in [0, 0.1) is 5.92 Å². The number of ether oxygens (including phenoxy) is 1. The highest BCUT2D eigenvalue weighted by Gasteiger charge is 2.44. The number of Topliss-reactive ketones (excluding diaryl/α,β-unsaturated/α-hetero) is 1. The molecule has 0 saturated carbocycles. The molecule has 0 radical (unpaired) electrons. The number of sulfonamides is 1. The molecule has 2 aromatic carbocycles. The van der Waals surface area contributed by atoms with Crippen molar-refractivity contribution in [2.24, 2.45) is 10.3 Å². The van der Waals surface area contributed by atoms with Crippen molar-refractivity contribution in [3.8, 4) is 5.75 Å². The molecule has 0 bridgehead atoms. The SMILES string of the molecule is COC(=O)N(CCC(C)C)C1C(=O)C(C2=NSc3cc(NS(C)(=O)=O)cc(O)c3N2O)=C(O)c2ccccc21. The van der Waals surface area contributed by atoms with Crippen LogP contribution in [0.1, 0.15) is 37.4 Å². The fourth-order valence-corrected chi connectivity index (χ4v) is 5.74. The number of aliphatic hydroxyl groups excluding tert-OH is 1. The Hall–Kier alpha value is -3.75. The van der Waals surface area contributed by atoms with Crippen LogP contribution in [0.5, 0.6) is 5.75 Å². The van der Waals surface area contributed by atoms with Gasteiger partial charge in [-0.25, -0.2) is 13.2 Å². The van der Waals surface area contributed by atoms with E-state index < -0.39 is 39.5 Å². The zero-order valence-corrected chi connectivity index (χ0v) is 23.2. The third-order valence-electron chi connectivity index (χ3n) is 6.13. The lowest BCUT2D eigenvalue weighted by molar-refractivity contribution is -0.120. The van der Waals surface area contributed by atoms with Gasteiger partial charge in [0.2, 0.25) is 10.0 Å². The summed E-state index contributed by atoms with van der Waals surface area (Å²) < 4.78 is 34.7. The molecule has 39 heavy (non-hydrogen) atoms. The number of carbonyl (C=O) groups is 2. The van der Waals surface area contributed by atoms with Crippen LogP contribution in [0.25, 0.3) is 5.76 Å². The first kappa shape index (κ1) is 28.3. The summed E-state index contributed by atoms with van der Waals surface area (Å²) in [5.41, 5.74) is 0.148. The number of phenolic OH excluding ortho intramolecular Hbond substituents is 1. The van der Waals surface area contributed by atoms with Gasteiger partial charge in [-0.05, 0) is 24.0 Å². The van der Waals surface area contributed by atoms with Crippen molar-refractivity contribution in [2.45, 2.75) is 31.2 Å². The number of methoxy groups -OCH3 is 1. The Morgan fingerprint density at radius 1 is 1.26 bits per heavy atom. The number of phenols is 1. The molecule has 0 aromatic heterocycles. The summed E-state index contributed by atoms with van der Waals surface area (Å²) in [4.78, 5) is 28.3. The number of hydrogen-bond donors (Lipinski definition) is 4. The van der Waals surface area contributed by atoms with Crippen LogP contribution in [0.15, 0.2) is 51.3 Å². The van der Waals surface area contributed by atoms with Crippen LogP contribution in [-0.2, 0) is 19.6 Å². The van der Waals surface area contributed by atoms with Gasteiger partial charge in [0.25, 0.3) is 0 Å². The maximum Gasteiger partial charge on any atom is 0.410 e. The molecule has 1 unspecified atom stereocenters. The lowest BCUT2D eigenvalue weighted by atomic mass is 9.84. The van der Waals surface area contributed by atoms with E-state index in [0.717, 1.165) is 24.3 Å². The summed E-state index contributed by atoms with van der Waals surface area (Å²) >= 11 is 0.757. The van der Waals surface area contributed by atoms with Crippen molar-refractivity contribution in [1.82, 2.24) is 4.90 Å². The average molecular weight is 577 g/mol. The Labute approximate surface area is 229 Å². The minimum Gasteiger partial charge on any atom is -0.506 e. The lowest BCUT2D eigenvalue weighted by Gasteiger charge is -2.36. The number of anilines is 2. The van der Waals surface area contributed by atoms with E-state index in [4.69, 9.17) is 4.74 Å². The Kier molecular flexibility index (Phi) is 7.82. The molecular formula is C25H28N4O8S2. The number of amides is 1. The minimum absolute atomic E-state index is 0.0389. The Morgan fingerprint density at radius 2 is 1.95 bits per heavy atom. The van der Waals surface area contributed by atoms with Gasteiger partial charge in [0.05, 0.1) is 23.9 Å². The highest BCUT2D eigenvalue weighted by molar-refractivity contribution is 7.98. The molecule has 0 spiro atoms. The van der Waals surface area contributed by atoms with Crippen LogP contribution in [0.3, 0.4) is 0 Å². The van der Waals surface area contributed by atoms with E-state index in [2.05, 4.69) is 9.12 Å². The second kappa shape index (κ2) is 10.8. The lowest BCUT2D eigenvalue weighted by Crippen LogP contribution is -2.45. The first-order chi connectivity index (χ1) is 18.3. The molecule has 2 aliphatic rings. The molecule has 1 aliphatic carbocycles. The van der Waals surface area contributed by atoms with Crippen molar-refractivity contribution in [1.29, 1.82) is 0 Å². The summed E-state index contributed by atoms with van der Waals surface area (Å²) in [5.74, 6) is -1.84. The molecule has 4 rings (SSSR count). The molecule has 1 aliphatic heterocycles. The van der Waals surface area contributed by atoms with E-state index in [-0.39, 0.29) is 45.7 Å². The number of nitrogens with zero attached hydrogens (tertiary/aromatic N) is 3. The van der Waals surface area contributed by atoms with Gasteiger partial charge in [-0.3, -0.25) is 19.6 Å². The molecular weight excluding hydrogens is 548 g/mol. The van der Waals surface area contributed by atoms with E-state index in [1.54, 1.807) is 24.3 Å². The van der Waals surface area contributed by atoms with Crippen molar-refractivity contribution in [3.05, 3.63) is 53.1 Å². The van der Waals surface area contributed by atoms with Crippen LogP contribution >= 0.6 is 11.9 Å². The predicted molar refractivity (Wildman–Crippen MR) is 146 cm³/mol. The molecule has 0 saturated heterocycles. The monoisotopic (exact) mass is 576 g/mol. The molecule has 0 fully saturated rings. The second-order valence-electron chi connectivity index (χ2n) is 9.46. The van der Waals surface area contributed by atoms with E-state index in [1.807, 2.05) is 13.8 Å². The number of hydroxylamine groups is 1. The van der Waals surface area contributed by atoms with Crippen molar-refractivity contribution in [3.63, 3.8) is 0 Å². The topological polar surface area (TPSA) is 169 Å². The number of carbonyl (C=O) groups excluding carboxylic acids is 2. The van der Waals surface area contributed by atoms with Crippen LogP contribution in [0.2, 0.25) is 0 Å². The maximum absolute atomic E-state index is 14.0. The fourth-order valence-electron chi connectivity index (χ4n) is 4.38. The van der Waals surface area contributed by atoms with Gasteiger partial charge >= 0.3 is 6.09 Å². The van der Waals surface area contributed by atoms with Crippen molar-refractivity contribution >= 4 is 56.8 Å². The Balaban J connectivity index is 1.82. The molecule has 208 valence electrons. The molecule has 1 atom stereocenters. The number of hydrogen-bond acceptors (Lipinski definition) is 11. The number of rotatable bonds is 7. The third-order valence-corrected chi connectivity index (χ3v) is 7.51. The van der Waals surface area contributed by atoms with Gasteiger partial charge < -0.3 is 14.9 Å². The zero-order valence-electron chi connectivity index (χ0n) is 21.6. The standard InChI is InChI=1S/C25H28N4O8S2/c1-13(2)9-10-28(25(33)37-3)20-15-7-5-6-8-16(15)22(31)19(23(20)32)24-26-38-18-12-14(27-39(4,35)36)11-17(30)21(18)29(24)34/h5-8,11-13,20,27,30-31,34H,9-10H2,1-4H3. The number of ketones is 1. The summed E-state index contributed by atoms with van der Waals surface area (Å²) in [6.07, 6.45) is 0.779. The summed E-state index contributed by atoms with van der Waals surface area (Å²) in [5, 5.41) is 33.4. The van der Waals surface area contributed by atoms with Crippen LogP contribution in [-0.4, -0.2) is 66.4 Å². The Morgan fingerprint density at radius 3 is 2.59 bits per heavy atom. The van der Waals surface area contributed by atoms with Crippen molar-refractivity contribution in [2.75, 3.05) is 29.7 Å². The highest BCUT2D eigenvalue weighted by atomic mass is 32.2. The van der Waals surface area contributed by atoms with Gasteiger partial charge in [-0.1, -0.05) is 38.1 Å². The quantitative estimate of drug-likeness (QED) is 0.352. The van der Waals surface area contributed by atoms with Gasteiger partial charge in [0.15, 0.2) is 11.6 Å². The number of fused-ring (bicyclic) bond motifs is 2. The first-order valence-electron chi connectivity index (χ1n) is 11.8. The van der Waals surface area contributed by atoms with Gasteiger partial charge in [0.1, 0.15) is 28.8 Å². The predicted octanol–water partition coefficient (Wildman–Crippen LogP) is 4.09. The number of amidine groups is 1. The first-order valence-corrected chi connectivity index (χ1v) is 14.5. The molecule has 1 heterocycles. The van der Waals surface area contributed by atoms with Crippen LogP contribution in [0.4, 0.5) is 16.2 Å². The highest BCUT2D eigenvalue weighted by Crippen LogP contribution is 2.46. The normalized spacial score (nSPS) is 17.0. The van der Waals surface area contributed by atoms with E-state index in [9.17, 15) is 33.4 Å². The summed E-state index contributed by atoms with van der Waals surface area (Å²) in [7, 11) is -2.44. The molecule has 1 amide bonds. The van der Waals surface area contributed by atoms with Gasteiger partial charge in [-0.15, -0.1) is 0 Å². The van der Waals surface area contributed by atoms with E-state index in [0.29, 0.717) is 17.0 Å². The molecule has 4 N–H and O–H groups in total. The number of nitrogens with one attached hydrogen (secondary N) is 1. The maximum atomic E-state index is 14.0. The second-order valence-corrected chi connectivity index (χ2v) is 12.0. The van der Waals surface area contributed by atoms with E-state index in [1.165, 1.54) is 18.1 Å². The minimum atomic E-state index is -3.65. The largest absolute Gasteiger partial charge is 0.506 e. The smallest absolute Gasteiger partial charge is 0.410 e. The zero-order chi connectivity index (χ0) is 28.6. The van der Waals surface area contributed by atoms with Crippen molar-refractivity contribution < 1.29 is 38.2 Å². The van der Waals surface area contributed by atoms with Crippen LogP contribution < -0.4 is 9.79 Å². The third kappa shape index (κ3) is 5.53. The number of aromatic hydroxyl groups is 1. The van der Waals surface area contributed by atoms with E-state index >= 15 is 0 Å². The molecule has 14 heteroatoms. The number of benzene rings is 2.